The van der Waals surface area contributed by atoms with Gasteiger partial charge in [-0.2, -0.15) is 0 Å². The highest BCUT2D eigenvalue weighted by Crippen LogP contribution is 2.35. The SMILES string of the molecule is CCN1CCN(C(c2cc3cc(OC)c(OC)cc3[nH]c2=O)c2nnnn2C2CCCC2)CC1. The zero-order chi connectivity index (χ0) is 23.7. The third-order valence-electron chi connectivity index (χ3n) is 7.32. The van der Waals surface area contributed by atoms with Crippen LogP contribution >= 0.6 is 0 Å². The number of rotatable bonds is 7. The molecule has 3 heterocycles. The number of piperazine rings is 1. The van der Waals surface area contributed by atoms with Crippen LogP contribution in [0.1, 0.15) is 56.1 Å². The average Bonchev–Trinajstić information content (AvgIpc) is 3.56. The Hall–Kier alpha value is -2.98. The second-order valence-electron chi connectivity index (χ2n) is 9.14. The highest BCUT2D eigenvalue weighted by atomic mass is 16.5. The van der Waals surface area contributed by atoms with Crippen LogP contribution in [-0.4, -0.2) is 81.9 Å². The summed E-state index contributed by atoms with van der Waals surface area (Å²) in [5, 5.41) is 13.8. The quantitative estimate of drug-likeness (QED) is 0.565. The molecule has 1 aromatic carbocycles. The first-order valence-electron chi connectivity index (χ1n) is 12.2. The molecular weight excluding hydrogens is 434 g/mol. The number of aromatic nitrogens is 5. The van der Waals surface area contributed by atoms with E-state index in [1.165, 1.54) is 12.8 Å². The minimum atomic E-state index is -0.323. The highest BCUT2D eigenvalue weighted by Gasteiger charge is 2.34. The Morgan fingerprint density at radius 2 is 1.76 bits per heavy atom. The Morgan fingerprint density at radius 1 is 1.06 bits per heavy atom. The third kappa shape index (κ3) is 4.16. The van der Waals surface area contributed by atoms with Gasteiger partial charge in [0, 0.05) is 43.2 Å². The monoisotopic (exact) mass is 467 g/mol. The average molecular weight is 468 g/mol. The van der Waals surface area contributed by atoms with E-state index in [0.717, 1.165) is 56.8 Å². The zero-order valence-electron chi connectivity index (χ0n) is 20.2. The molecular formula is C24H33N7O3. The van der Waals surface area contributed by atoms with Gasteiger partial charge in [-0.3, -0.25) is 9.69 Å². The second-order valence-corrected chi connectivity index (χ2v) is 9.14. The summed E-state index contributed by atoms with van der Waals surface area (Å²) in [5.41, 5.74) is 1.22. The Bertz CT molecular complexity index is 1190. The van der Waals surface area contributed by atoms with Crippen LogP contribution in [0, 0.1) is 0 Å². The summed E-state index contributed by atoms with van der Waals surface area (Å²) in [6, 6.07) is 5.63. The van der Waals surface area contributed by atoms with Crippen LogP contribution in [0.2, 0.25) is 0 Å². The molecule has 182 valence electrons. The Morgan fingerprint density at radius 3 is 2.44 bits per heavy atom. The van der Waals surface area contributed by atoms with E-state index in [2.05, 4.69) is 37.2 Å². The summed E-state index contributed by atoms with van der Waals surface area (Å²) >= 11 is 0. The van der Waals surface area contributed by atoms with Crippen molar-refractivity contribution < 1.29 is 9.47 Å². The predicted octanol–water partition coefficient (Wildman–Crippen LogP) is 2.37. The maximum atomic E-state index is 13.5. The molecule has 2 aromatic heterocycles. The van der Waals surface area contributed by atoms with Crippen molar-refractivity contribution in [2.75, 3.05) is 46.9 Å². The molecule has 34 heavy (non-hydrogen) atoms. The fourth-order valence-electron chi connectivity index (χ4n) is 5.38. The van der Waals surface area contributed by atoms with Crippen LogP contribution in [0.4, 0.5) is 0 Å². The van der Waals surface area contributed by atoms with E-state index < -0.39 is 0 Å². The van der Waals surface area contributed by atoms with Gasteiger partial charge >= 0.3 is 0 Å². The third-order valence-corrected chi connectivity index (χ3v) is 7.32. The smallest absolute Gasteiger partial charge is 0.253 e. The summed E-state index contributed by atoms with van der Waals surface area (Å²) in [5.74, 6) is 1.95. The molecule has 1 aliphatic carbocycles. The van der Waals surface area contributed by atoms with Gasteiger partial charge in [0.15, 0.2) is 17.3 Å². The van der Waals surface area contributed by atoms with Crippen molar-refractivity contribution in [3.63, 3.8) is 0 Å². The number of hydrogen-bond acceptors (Lipinski definition) is 8. The number of H-pyrrole nitrogens is 1. The van der Waals surface area contributed by atoms with Crippen molar-refractivity contribution in [2.45, 2.75) is 44.7 Å². The molecule has 0 amide bonds. The number of nitrogens with zero attached hydrogens (tertiary/aromatic N) is 6. The summed E-state index contributed by atoms with van der Waals surface area (Å²) in [7, 11) is 3.20. The number of likely N-dealkylation sites (N-methyl/N-ethyl adjacent to an activating group) is 1. The highest BCUT2D eigenvalue weighted by molar-refractivity contribution is 5.83. The van der Waals surface area contributed by atoms with E-state index in [9.17, 15) is 4.79 Å². The molecule has 0 spiro atoms. The number of nitrogens with one attached hydrogen (secondary N) is 1. The van der Waals surface area contributed by atoms with Crippen molar-refractivity contribution in [3.05, 3.63) is 39.9 Å². The fraction of sp³-hybridized carbons (Fsp3) is 0.583. The molecule has 0 radical (unpaired) electrons. The molecule has 10 nitrogen and oxygen atoms in total. The minimum absolute atomic E-state index is 0.136. The molecule has 3 aromatic rings. The van der Waals surface area contributed by atoms with Crippen LogP contribution in [0.3, 0.4) is 0 Å². The Labute approximate surface area is 198 Å². The first-order chi connectivity index (χ1) is 16.6. The number of ether oxygens (including phenoxy) is 2. The minimum Gasteiger partial charge on any atom is -0.493 e. The van der Waals surface area contributed by atoms with E-state index in [1.54, 1.807) is 20.3 Å². The number of benzene rings is 1. The standard InChI is InChI=1S/C24H33N7O3/c1-4-29-9-11-30(12-10-29)22(23-26-27-28-31(23)17-7-5-6-8-17)18-13-16-14-20(33-2)21(34-3)15-19(16)25-24(18)32/h13-15,17,22H,4-12H2,1-3H3,(H,25,32). The van der Waals surface area contributed by atoms with Gasteiger partial charge in [0.25, 0.3) is 5.56 Å². The fourth-order valence-corrected chi connectivity index (χ4v) is 5.38. The van der Waals surface area contributed by atoms with Crippen molar-refractivity contribution >= 4 is 10.9 Å². The van der Waals surface area contributed by atoms with Crippen molar-refractivity contribution in [3.8, 4) is 11.5 Å². The molecule has 1 saturated carbocycles. The predicted molar refractivity (Wildman–Crippen MR) is 129 cm³/mol. The van der Waals surface area contributed by atoms with Gasteiger partial charge < -0.3 is 19.4 Å². The van der Waals surface area contributed by atoms with E-state index in [4.69, 9.17) is 9.47 Å². The van der Waals surface area contributed by atoms with Gasteiger partial charge in [-0.1, -0.05) is 19.8 Å². The number of methoxy groups -OCH3 is 2. The zero-order valence-corrected chi connectivity index (χ0v) is 20.2. The van der Waals surface area contributed by atoms with Crippen molar-refractivity contribution in [2.24, 2.45) is 0 Å². The molecule has 1 N–H and O–H groups in total. The maximum absolute atomic E-state index is 13.5. The van der Waals surface area contributed by atoms with E-state index in [0.29, 0.717) is 22.6 Å². The first-order valence-corrected chi connectivity index (χ1v) is 12.2. The van der Waals surface area contributed by atoms with Gasteiger partial charge in [-0.25, -0.2) is 4.68 Å². The lowest BCUT2D eigenvalue weighted by Gasteiger charge is -2.38. The Kier molecular flexibility index (Phi) is 6.51. The molecule has 1 atom stereocenters. The maximum Gasteiger partial charge on any atom is 0.253 e. The van der Waals surface area contributed by atoms with Gasteiger partial charge in [-0.15, -0.1) is 5.10 Å². The summed E-state index contributed by atoms with van der Waals surface area (Å²) < 4.78 is 12.9. The lowest BCUT2D eigenvalue weighted by Crippen LogP contribution is -2.49. The number of aromatic amines is 1. The van der Waals surface area contributed by atoms with Gasteiger partial charge in [0.2, 0.25) is 0 Å². The molecule has 2 fully saturated rings. The molecule has 1 aliphatic heterocycles. The molecule has 1 saturated heterocycles. The van der Waals surface area contributed by atoms with Crippen molar-refractivity contribution in [1.82, 2.24) is 35.0 Å². The molecule has 2 aliphatic rings. The number of pyridine rings is 1. The number of fused-ring (bicyclic) bond motifs is 1. The number of hydrogen-bond donors (Lipinski definition) is 1. The first kappa shape index (κ1) is 22.8. The van der Waals surface area contributed by atoms with Crippen LogP contribution in [0.5, 0.6) is 11.5 Å². The van der Waals surface area contributed by atoms with Crippen LogP contribution in [0.15, 0.2) is 23.0 Å². The van der Waals surface area contributed by atoms with Gasteiger partial charge in [0.1, 0.15) is 6.04 Å². The summed E-state index contributed by atoms with van der Waals surface area (Å²) in [6.07, 6.45) is 4.50. The molecule has 5 rings (SSSR count). The second kappa shape index (κ2) is 9.71. The van der Waals surface area contributed by atoms with Crippen LogP contribution in [0.25, 0.3) is 10.9 Å². The topological polar surface area (TPSA) is 101 Å². The van der Waals surface area contributed by atoms with E-state index in [-0.39, 0.29) is 17.6 Å². The van der Waals surface area contributed by atoms with Gasteiger partial charge in [-0.05, 0) is 41.9 Å². The normalized spacial score (nSPS) is 19.0. The largest absolute Gasteiger partial charge is 0.493 e. The molecule has 10 heteroatoms. The Balaban J connectivity index is 1.62. The summed E-state index contributed by atoms with van der Waals surface area (Å²) in [4.78, 5) is 21.3. The van der Waals surface area contributed by atoms with E-state index in [1.807, 2.05) is 16.8 Å². The number of tetrazole rings is 1. The lowest BCUT2D eigenvalue weighted by molar-refractivity contribution is 0.107. The molecule has 1 unspecified atom stereocenters. The van der Waals surface area contributed by atoms with E-state index >= 15 is 0 Å². The van der Waals surface area contributed by atoms with Crippen molar-refractivity contribution in [1.29, 1.82) is 0 Å². The van der Waals surface area contributed by atoms with Crippen LogP contribution < -0.4 is 15.0 Å². The van der Waals surface area contributed by atoms with Crippen LogP contribution in [-0.2, 0) is 0 Å². The molecule has 0 bridgehead atoms. The summed E-state index contributed by atoms with van der Waals surface area (Å²) in [6.45, 7) is 6.81. The lowest BCUT2D eigenvalue weighted by atomic mass is 10.0. The van der Waals surface area contributed by atoms with Gasteiger partial charge in [0.05, 0.1) is 25.8 Å².